The Balaban J connectivity index is 1.88. The molecule has 1 heterocycles. The van der Waals surface area contributed by atoms with Crippen molar-refractivity contribution in [1.82, 2.24) is 0 Å². The Morgan fingerprint density at radius 2 is 1.63 bits per heavy atom. The highest BCUT2D eigenvalue weighted by Gasteiger charge is 2.37. The van der Waals surface area contributed by atoms with Crippen molar-refractivity contribution in [2.24, 2.45) is 0 Å². The first kappa shape index (κ1) is 11.2. The molecule has 94 valence electrons. The van der Waals surface area contributed by atoms with Gasteiger partial charge in [0.15, 0.2) is 0 Å². The fourth-order valence-corrected chi connectivity index (χ4v) is 4.15. The van der Waals surface area contributed by atoms with Gasteiger partial charge in [-0.15, -0.1) is 11.3 Å². The first-order valence-corrected chi connectivity index (χ1v) is 7.40. The smallest absolute Gasteiger partial charge is 0.0990 e. The Hall–Kier alpha value is -1.64. The fraction of sp³-hybridized carbons (Fsp3) is 0.176. The molecule has 2 aromatic carbocycles. The summed E-state index contributed by atoms with van der Waals surface area (Å²) in [7, 11) is 0. The predicted octanol–water partition coefficient (Wildman–Crippen LogP) is 3.89. The van der Waals surface area contributed by atoms with E-state index in [1.807, 2.05) is 6.07 Å². The van der Waals surface area contributed by atoms with Crippen molar-refractivity contribution in [1.29, 1.82) is 0 Å². The number of hydrogen-bond donors (Lipinski definition) is 1. The van der Waals surface area contributed by atoms with Crippen LogP contribution in [0.5, 0.6) is 0 Å². The summed E-state index contributed by atoms with van der Waals surface area (Å²) in [6, 6.07) is 16.7. The highest BCUT2D eigenvalue weighted by Crippen LogP contribution is 2.41. The van der Waals surface area contributed by atoms with Gasteiger partial charge in [0, 0.05) is 23.1 Å². The summed E-state index contributed by atoms with van der Waals surface area (Å²) in [6.45, 7) is 0. The highest BCUT2D eigenvalue weighted by molar-refractivity contribution is 7.17. The van der Waals surface area contributed by atoms with Gasteiger partial charge in [-0.3, -0.25) is 0 Å². The second-order valence-corrected chi connectivity index (χ2v) is 6.21. The molecule has 0 bridgehead atoms. The number of hydrogen-bond acceptors (Lipinski definition) is 2. The molecule has 0 unspecified atom stereocenters. The maximum atomic E-state index is 11.1. The lowest BCUT2D eigenvalue weighted by molar-refractivity contribution is 0.0499. The van der Waals surface area contributed by atoms with Crippen LogP contribution in [0.3, 0.4) is 0 Å². The predicted molar refractivity (Wildman–Crippen MR) is 79.6 cm³/mol. The first-order chi connectivity index (χ1) is 9.26. The number of aliphatic hydroxyl groups is 1. The van der Waals surface area contributed by atoms with Gasteiger partial charge in [-0.2, -0.15) is 0 Å². The second-order valence-electron chi connectivity index (χ2n) is 5.30. The molecule has 1 aromatic heterocycles. The lowest BCUT2D eigenvalue weighted by Crippen LogP contribution is -2.26. The minimum absolute atomic E-state index is 0.722. The molecule has 1 nitrogen and oxygen atoms in total. The van der Waals surface area contributed by atoms with Crippen LogP contribution in [0.1, 0.15) is 16.7 Å². The summed E-state index contributed by atoms with van der Waals surface area (Å²) in [5, 5.41) is 14.4. The third kappa shape index (κ3) is 1.64. The molecule has 1 N–H and O–H groups in total. The zero-order valence-corrected chi connectivity index (χ0v) is 11.3. The molecule has 0 fully saturated rings. The average molecular weight is 266 g/mol. The van der Waals surface area contributed by atoms with E-state index in [2.05, 4.69) is 47.8 Å². The molecule has 0 radical (unpaired) electrons. The summed E-state index contributed by atoms with van der Waals surface area (Å²) in [5.74, 6) is 0. The Morgan fingerprint density at radius 3 is 2.37 bits per heavy atom. The van der Waals surface area contributed by atoms with Crippen LogP contribution in [0.2, 0.25) is 0 Å². The third-order valence-electron chi connectivity index (χ3n) is 4.06. The number of benzene rings is 2. The van der Waals surface area contributed by atoms with Crippen LogP contribution in [-0.2, 0) is 18.4 Å². The maximum Gasteiger partial charge on any atom is 0.0990 e. The van der Waals surface area contributed by atoms with Gasteiger partial charge in [0.2, 0.25) is 0 Å². The third-order valence-corrected chi connectivity index (χ3v) is 5.03. The molecule has 2 heteroatoms. The van der Waals surface area contributed by atoms with Crippen molar-refractivity contribution in [2.75, 3.05) is 0 Å². The van der Waals surface area contributed by atoms with E-state index in [1.54, 1.807) is 11.3 Å². The summed E-state index contributed by atoms with van der Waals surface area (Å²) >= 11 is 1.72. The molecule has 0 saturated heterocycles. The van der Waals surface area contributed by atoms with Crippen molar-refractivity contribution < 1.29 is 5.11 Å². The van der Waals surface area contributed by atoms with Crippen LogP contribution in [-0.4, -0.2) is 5.11 Å². The molecule has 0 spiro atoms. The zero-order chi connectivity index (χ0) is 12.9. The lowest BCUT2D eigenvalue weighted by Gasteiger charge is -2.23. The molecule has 0 atom stereocenters. The lowest BCUT2D eigenvalue weighted by atomic mass is 9.90. The highest BCUT2D eigenvalue weighted by atomic mass is 32.1. The van der Waals surface area contributed by atoms with Crippen molar-refractivity contribution in [3.63, 3.8) is 0 Å². The molecule has 19 heavy (non-hydrogen) atoms. The average Bonchev–Trinajstić information content (AvgIpc) is 3.00. The molecular formula is C17H14OS. The summed E-state index contributed by atoms with van der Waals surface area (Å²) in [4.78, 5) is 0. The van der Waals surface area contributed by atoms with Crippen LogP contribution in [0.4, 0.5) is 0 Å². The quantitative estimate of drug-likeness (QED) is 0.708. The molecule has 3 aromatic rings. The maximum absolute atomic E-state index is 11.1. The molecule has 4 rings (SSSR count). The Labute approximate surface area is 116 Å². The van der Waals surface area contributed by atoms with E-state index < -0.39 is 5.60 Å². The van der Waals surface area contributed by atoms with E-state index in [9.17, 15) is 5.11 Å². The van der Waals surface area contributed by atoms with E-state index in [4.69, 9.17) is 0 Å². The minimum atomic E-state index is -0.742. The number of fused-ring (bicyclic) bond motifs is 2. The van der Waals surface area contributed by atoms with Gasteiger partial charge >= 0.3 is 0 Å². The minimum Gasteiger partial charge on any atom is -0.384 e. The van der Waals surface area contributed by atoms with Crippen LogP contribution < -0.4 is 0 Å². The zero-order valence-electron chi connectivity index (χ0n) is 10.5. The van der Waals surface area contributed by atoms with E-state index in [-0.39, 0.29) is 0 Å². The molecule has 1 aliphatic carbocycles. The molecule has 0 saturated carbocycles. The Morgan fingerprint density at radius 1 is 0.895 bits per heavy atom. The monoisotopic (exact) mass is 266 g/mol. The standard InChI is InChI=1S/C17H14OS/c18-17(10-13-4-1-2-5-14(13)11-17)15-7-3-6-12-8-9-19-16(12)15/h1-9,18H,10-11H2. The number of rotatable bonds is 1. The number of thiophene rings is 1. The Bertz CT molecular complexity index is 732. The summed E-state index contributed by atoms with van der Waals surface area (Å²) < 4.78 is 1.22. The van der Waals surface area contributed by atoms with Gasteiger partial charge in [-0.25, -0.2) is 0 Å². The van der Waals surface area contributed by atoms with E-state index >= 15 is 0 Å². The van der Waals surface area contributed by atoms with Gasteiger partial charge in [-0.1, -0.05) is 42.5 Å². The van der Waals surface area contributed by atoms with Crippen LogP contribution >= 0.6 is 11.3 Å². The van der Waals surface area contributed by atoms with Gasteiger partial charge in [0.1, 0.15) is 0 Å². The van der Waals surface area contributed by atoms with Crippen molar-refractivity contribution >= 4 is 21.4 Å². The van der Waals surface area contributed by atoms with Gasteiger partial charge in [-0.05, 0) is 28.0 Å². The SMILES string of the molecule is OC1(c2cccc3ccsc23)Cc2ccccc2C1. The fourth-order valence-electron chi connectivity index (χ4n) is 3.14. The molecular weight excluding hydrogens is 252 g/mol. The Kier molecular flexibility index (Phi) is 2.32. The van der Waals surface area contributed by atoms with Crippen molar-refractivity contribution in [2.45, 2.75) is 18.4 Å². The van der Waals surface area contributed by atoms with Crippen LogP contribution in [0.15, 0.2) is 53.9 Å². The molecule has 0 amide bonds. The summed E-state index contributed by atoms with van der Waals surface area (Å²) in [5.41, 5.74) is 2.89. The first-order valence-electron chi connectivity index (χ1n) is 6.52. The second kappa shape index (κ2) is 3.92. The van der Waals surface area contributed by atoms with Gasteiger partial charge in [0.05, 0.1) is 5.60 Å². The van der Waals surface area contributed by atoms with Crippen molar-refractivity contribution in [3.8, 4) is 0 Å². The van der Waals surface area contributed by atoms with Gasteiger partial charge < -0.3 is 5.11 Å². The van der Waals surface area contributed by atoms with Crippen LogP contribution in [0, 0.1) is 0 Å². The van der Waals surface area contributed by atoms with Crippen molar-refractivity contribution in [3.05, 3.63) is 70.6 Å². The molecule has 1 aliphatic rings. The topological polar surface area (TPSA) is 20.2 Å². The van der Waals surface area contributed by atoms with E-state index in [1.165, 1.54) is 21.2 Å². The molecule has 0 aliphatic heterocycles. The van der Waals surface area contributed by atoms with E-state index in [0.29, 0.717) is 0 Å². The summed E-state index contributed by atoms with van der Waals surface area (Å²) in [6.07, 6.45) is 1.44. The largest absolute Gasteiger partial charge is 0.384 e. The normalized spacial score (nSPS) is 16.7. The van der Waals surface area contributed by atoms with E-state index in [0.717, 1.165) is 18.4 Å². The van der Waals surface area contributed by atoms with Crippen LogP contribution in [0.25, 0.3) is 10.1 Å². The van der Waals surface area contributed by atoms with Gasteiger partial charge in [0.25, 0.3) is 0 Å².